The number of aromatic amines is 1. The Morgan fingerprint density at radius 2 is 2.28 bits per heavy atom. The molecule has 6 heteroatoms. The topological polar surface area (TPSA) is 88.3 Å². The first-order valence-corrected chi connectivity index (χ1v) is 5.24. The summed E-state index contributed by atoms with van der Waals surface area (Å²) in [5, 5.41) is 9.74. The van der Waals surface area contributed by atoms with Gasteiger partial charge in [0.15, 0.2) is 0 Å². The lowest BCUT2D eigenvalue weighted by atomic mass is 10.1. The third-order valence-corrected chi connectivity index (χ3v) is 2.73. The van der Waals surface area contributed by atoms with Crippen molar-refractivity contribution in [3.05, 3.63) is 30.0 Å². The molecule has 2 aromatic rings. The number of nitrogens with one attached hydrogen (secondary N) is 1. The summed E-state index contributed by atoms with van der Waals surface area (Å²) in [6.07, 6.45) is 2.08. The van der Waals surface area contributed by atoms with Gasteiger partial charge in [-0.05, 0) is 23.8 Å². The second-order valence-corrected chi connectivity index (χ2v) is 3.87. The maximum atomic E-state index is 10.7. The number of aliphatic carboxylic acids is 1. The van der Waals surface area contributed by atoms with E-state index in [1.807, 2.05) is 18.2 Å². The van der Waals surface area contributed by atoms with Crippen LogP contribution in [0.1, 0.15) is 5.56 Å². The van der Waals surface area contributed by atoms with Gasteiger partial charge in [0.2, 0.25) is 0 Å². The minimum absolute atomic E-state index is 0. The number of carboxylic acids is 1. The Morgan fingerprint density at radius 1 is 1.56 bits per heavy atom. The average Bonchev–Trinajstić information content (AvgIpc) is 2.71. The summed E-state index contributed by atoms with van der Waals surface area (Å²) in [4.78, 5) is 13.8. The molecular weight excluding hydrogens is 256 g/mol. The van der Waals surface area contributed by atoms with Crippen LogP contribution in [0, 0.1) is 0 Å². The molecule has 18 heavy (non-hydrogen) atoms. The van der Waals surface area contributed by atoms with Crippen molar-refractivity contribution >= 4 is 29.3 Å². The zero-order valence-corrected chi connectivity index (χ0v) is 10.7. The van der Waals surface area contributed by atoms with Gasteiger partial charge in [0, 0.05) is 23.5 Å². The number of hydrogen-bond donors (Lipinski definition) is 3. The van der Waals surface area contributed by atoms with Crippen LogP contribution in [-0.2, 0) is 11.2 Å². The zero-order valence-electron chi connectivity index (χ0n) is 9.84. The third-order valence-electron chi connectivity index (χ3n) is 2.73. The number of rotatable bonds is 4. The van der Waals surface area contributed by atoms with Gasteiger partial charge in [-0.2, -0.15) is 0 Å². The number of nitrogens with two attached hydrogens (primary N) is 1. The second kappa shape index (κ2) is 5.75. The lowest BCUT2D eigenvalue weighted by Crippen LogP contribution is -2.32. The fourth-order valence-electron chi connectivity index (χ4n) is 1.78. The van der Waals surface area contributed by atoms with Gasteiger partial charge in [-0.3, -0.25) is 4.79 Å². The molecule has 1 aromatic carbocycles. The molecule has 1 atom stereocenters. The predicted molar refractivity (Wildman–Crippen MR) is 71.4 cm³/mol. The molecule has 0 amide bonds. The maximum absolute atomic E-state index is 10.7. The van der Waals surface area contributed by atoms with Gasteiger partial charge < -0.3 is 20.6 Å². The summed E-state index contributed by atoms with van der Waals surface area (Å²) in [6.45, 7) is 0. The molecule has 2 rings (SSSR count). The van der Waals surface area contributed by atoms with Crippen molar-refractivity contribution in [1.82, 2.24) is 4.98 Å². The fraction of sp³-hybridized carbons (Fsp3) is 0.250. The van der Waals surface area contributed by atoms with Crippen molar-refractivity contribution in [3.63, 3.8) is 0 Å². The summed E-state index contributed by atoms with van der Waals surface area (Å²) in [5.41, 5.74) is 7.35. The van der Waals surface area contributed by atoms with E-state index in [4.69, 9.17) is 15.6 Å². The van der Waals surface area contributed by atoms with E-state index in [2.05, 4.69) is 4.98 Å². The Morgan fingerprint density at radius 3 is 2.89 bits per heavy atom. The molecule has 0 aliphatic carbocycles. The number of hydrogen-bond acceptors (Lipinski definition) is 3. The van der Waals surface area contributed by atoms with Crippen LogP contribution in [-0.4, -0.2) is 29.2 Å². The second-order valence-electron chi connectivity index (χ2n) is 3.87. The molecule has 1 aromatic heterocycles. The molecule has 4 N–H and O–H groups in total. The van der Waals surface area contributed by atoms with E-state index in [0.717, 1.165) is 22.2 Å². The summed E-state index contributed by atoms with van der Waals surface area (Å²) < 4.78 is 5.14. The Bertz CT molecular complexity index is 553. The number of fused-ring (bicyclic) bond motifs is 1. The Kier molecular flexibility index (Phi) is 4.58. The molecule has 1 heterocycles. The monoisotopic (exact) mass is 270 g/mol. The Hall–Kier alpha value is -1.72. The molecule has 0 aliphatic heterocycles. The Labute approximate surface area is 110 Å². The molecule has 98 valence electrons. The molecule has 1 unspecified atom stereocenters. The van der Waals surface area contributed by atoms with Crippen molar-refractivity contribution in [3.8, 4) is 5.75 Å². The standard InChI is InChI=1S/C12H14N2O3.ClH/c1-17-8-2-3-11-9(5-8)7(6-14-11)4-10(13)12(15)16;/h2-3,5-6,10,14H,4,13H2,1H3,(H,15,16);1H. The van der Waals surface area contributed by atoms with Crippen LogP contribution in [0.25, 0.3) is 10.9 Å². The van der Waals surface area contributed by atoms with Crippen LogP contribution in [0.4, 0.5) is 0 Å². The van der Waals surface area contributed by atoms with Crippen LogP contribution in [0.2, 0.25) is 0 Å². The number of benzene rings is 1. The quantitative estimate of drug-likeness (QED) is 0.786. The highest BCUT2D eigenvalue weighted by molar-refractivity contribution is 5.86. The largest absolute Gasteiger partial charge is 0.497 e. The van der Waals surface area contributed by atoms with E-state index in [1.54, 1.807) is 13.3 Å². The first kappa shape index (κ1) is 14.3. The smallest absolute Gasteiger partial charge is 0.320 e. The number of carboxylic acid groups (broad SMARTS) is 1. The predicted octanol–water partition coefficient (Wildman–Crippen LogP) is 1.55. The summed E-state index contributed by atoms with van der Waals surface area (Å²) in [5.74, 6) is -0.260. The maximum Gasteiger partial charge on any atom is 0.320 e. The van der Waals surface area contributed by atoms with E-state index in [1.165, 1.54) is 0 Å². The number of methoxy groups -OCH3 is 1. The number of ether oxygens (including phenoxy) is 1. The van der Waals surface area contributed by atoms with Gasteiger partial charge >= 0.3 is 5.97 Å². The number of carbonyl (C=O) groups is 1. The molecule has 0 spiro atoms. The average molecular weight is 271 g/mol. The highest BCUT2D eigenvalue weighted by atomic mass is 35.5. The van der Waals surface area contributed by atoms with E-state index < -0.39 is 12.0 Å². The Balaban J connectivity index is 0.00000162. The first-order chi connectivity index (χ1) is 8.11. The third kappa shape index (κ3) is 2.75. The lowest BCUT2D eigenvalue weighted by Gasteiger charge is -2.05. The van der Waals surface area contributed by atoms with Crippen molar-refractivity contribution in [2.45, 2.75) is 12.5 Å². The molecule has 0 bridgehead atoms. The van der Waals surface area contributed by atoms with Crippen LogP contribution >= 0.6 is 12.4 Å². The number of H-pyrrole nitrogens is 1. The van der Waals surface area contributed by atoms with Crippen LogP contribution < -0.4 is 10.5 Å². The van der Waals surface area contributed by atoms with Gasteiger partial charge in [-0.15, -0.1) is 12.4 Å². The van der Waals surface area contributed by atoms with Crippen molar-refractivity contribution in [2.75, 3.05) is 7.11 Å². The number of halogens is 1. The minimum atomic E-state index is -0.998. The van der Waals surface area contributed by atoms with Crippen LogP contribution in [0.5, 0.6) is 5.75 Å². The van der Waals surface area contributed by atoms with Gasteiger partial charge in [0.05, 0.1) is 7.11 Å². The molecular formula is C12H15ClN2O3. The molecule has 5 nitrogen and oxygen atoms in total. The highest BCUT2D eigenvalue weighted by Gasteiger charge is 2.15. The molecule has 0 saturated heterocycles. The number of aromatic nitrogens is 1. The highest BCUT2D eigenvalue weighted by Crippen LogP contribution is 2.24. The van der Waals surface area contributed by atoms with Crippen molar-refractivity contribution < 1.29 is 14.6 Å². The van der Waals surface area contributed by atoms with Crippen LogP contribution in [0.15, 0.2) is 24.4 Å². The zero-order chi connectivity index (χ0) is 12.4. The van der Waals surface area contributed by atoms with Crippen molar-refractivity contribution in [2.24, 2.45) is 5.73 Å². The summed E-state index contributed by atoms with van der Waals surface area (Å²) >= 11 is 0. The fourth-order valence-corrected chi connectivity index (χ4v) is 1.78. The van der Waals surface area contributed by atoms with Gasteiger partial charge in [0.25, 0.3) is 0 Å². The lowest BCUT2D eigenvalue weighted by molar-refractivity contribution is -0.138. The molecule has 0 aliphatic rings. The SMILES string of the molecule is COc1ccc2[nH]cc(CC(N)C(=O)O)c2c1.Cl. The molecule has 0 fully saturated rings. The van der Waals surface area contributed by atoms with Crippen LogP contribution in [0.3, 0.4) is 0 Å². The van der Waals surface area contributed by atoms with Crippen molar-refractivity contribution in [1.29, 1.82) is 0 Å². The van der Waals surface area contributed by atoms with E-state index >= 15 is 0 Å². The first-order valence-electron chi connectivity index (χ1n) is 5.24. The molecule has 0 saturated carbocycles. The van der Waals surface area contributed by atoms with Gasteiger partial charge in [-0.25, -0.2) is 0 Å². The van der Waals surface area contributed by atoms with Gasteiger partial charge in [0.1, 0.15) is 11.8 Å². The normalized spacial score (nSPS) is 11.9. The molecule has 0 radical (unpaired) electrons. The van der Waals surface area contributed by atoms with E-state index in [9.17, 15) is 4.79 Å². The summed E-state index contributed by atoms with van der Waals surface area (Å²) in [6, 6.07) is 4.72. The van der Waals surface area contributed by atoms with Gasteiger partial charge in [-0.1, -0.05) is 0 Å². The summed E-state index contributed by atoms with van der Waals surface area (Å²) in [7, 11) is 1.59. The van der Waals surface area contributed by atoms with E-state index in [0.29, 0.717) is 6.42 Å². The van der Waals surface area contributed by atoms with E-state index in [-0.39, 0.29) is 12.4 Å². The minimum Gasteiger partial charge on any atom is -0.497 e.